The van der Waals surface area contributed by atoms with Crippen molar-refractivity contribution in [3.63, 3.8) is 0 Å². The predicted molar refractivity (Wildman–Crippen MR) is 539 cm³/mol. The fraction of sp³-hybridized carbons (Fsp3) is 0.143. The SMILES string of the molecule is CC(C)(C)c1ccc2c(c1)c1cc(C(C)(C)C)ccc1n2Cc1ccc2c(c1)N(c1cc(-c3ccccc3)cc(-c3ccccc3)c1)c1cc(-n3c4ccccc4c4cc(N(c5ccccc5)c5ccccc5)ccc43)cc3c1B2c1ccc(-n2c4ccc(C(C)(C)C)cc4c4cc(C(C)(C)C)ccc42)cc1N3c1cc(-c2ccccc2)cc(-c2ccccc2)c1. The van der Waals surface area contributed by atoms with Crippen molar-refractivity contribution in [2.75, 3.05) is 14.7 Å². The molecule has 2 aliphatic rings. The Labute approximate surface area is 740 Å². The van der Waals surface area contributed by atoms with Gasteiger partial charge in [0.15, 0.2) is 0 Å². The average Bonchev–Trinajstić information content (AvgIpc) is 0.719. The monoisotopic (exact) mass is 1620 g/mol. The van der Waals surface area contributed by atoms with Gasteiger partial charge in [0.2, 0.25) is 0 Å². The lowest BCUT2D eigenvalue weighted by Crippen LogP contribution is -2.61. The number of anilines is 9. The number of fused-ring (bicyclic) bond motifs is 13. The van der Waals surface area contributed by atoms with Gasteiger partial charge in [-0.25, -0.2) is 0 Å². The molecule has 20 aromatic rings. The van der Waals surface area contributed by atoms with Gasteiger partial charge in [-0.1, -0.05) is 301 Å². The Hall–Kier alpha value is -14.4. The summed E-state index contributed by atoms with van der Waals surface area (Å²) in [6.45, 7) is 28.4. The van der Waals surface area contributed by atoms with Gasteiger partial charge in [-0.3, -0.25) is 0 Å². The number of rotatable bonds is 13. The van der Waals surface area contributed by atoms with Crippen LogP contribution in [0.2, 0.25) is 0 Å². The summed E-state index contributed by atoms with van der Waals surface area (Å²) in [5, 5.41) is 7.38. The molecule has 126 heavy (non-hydrogen) atoms. The highest BCUT2D eigenvalue weighted by molar-refractivity contribution is 7.00. The van der Waals surface area contributed by atoms with Gasteiger partial charge < -0.3 is 28.4 Å². The first-order chi connectivity index (χ1) is 61.0. The molecule has 0 spiro atoms. The lowest BCUT2D eigenvalue weighted by atomic mass is 9.33. The third-order valence-corrected chi connectivity index (χ3v) is 26.8. The summed E-state index contributed by atoms with van der Waals surface area (Å²) in [6, 6.07) is 146. The molecular weight excluding hydrogens is 1520 g/mol. The van der Waals surface area contributed by atoms with Crippen LogP contribution in [0, 0.1) is 0 Å². The van der Waals surface area contributed by atoms with E-state index in [1.54, 1.807) is 0 Å². The second-order valence-electron chi connectivity index (χ2n) is 39.0. The highest BCUT2D eigenvalue weighted by Gasteiger charge is 2.45. The van der Waals surface area contributed by atoms with Gasteiger partial charge in [0.05, 0.1) is 27.8 Å². The third-order valence-electron chi connectivity index (χ3n) is 26.8. The smallest absolute Gasteiger partial charge is 0.252 e. The van der Waals surface area contributed by atoms with E-state index < -0.39 is 0 Å². The molecule has 0 saturated heterocycles. The molecule has 0 unspecified atom stereocenters. The maximum atomic E-state index is 2.68. The van der Waals surface area contributed by atoms with Crippen LogP contribution in [0.4, 0.5) is 51.2 Å². The molecule has 3 aromatic heterocycles. The van der Waals surface area contributed by atoms with E-state index in [-0.39, 0.29) is 28.4 Å². The Balaban J connectivity index is 0.878. The van der Waals surface area contributed by atoms with Gasteiger partial charge in [0, 0.05) is 107 Å². The zero-order valence-corrected chi connectivity index (χ0v) is 73.8. The number of nitrogens with zero attached hydrogens (tertiary/aromatic N) is 6. The highest BCUT2D eigenvalue weighted by Crippen LogP contribution is 2.52. The first kappa shape index (κ1) is 77.6. The van der Waals surface area contributed by atoms with E-state index in [4.69, 9.17) is 0 Å². The first-order valence-electron chi connectivity index (χ1n) is 44.7. The van der Waals surface area contributed by atoms with Crippen molar-refractivity contribution in [3.8, 4) is 55.9 Å². The molecule has 0 amide bonds. The second kappa shape index (κ2) is 29.7. The number of hydrogen-bond donors (Lipinski definition) is 0. The van der Waals surface area contributed by atoms with Crippen molar-refractivity contribution in [1.29, 1.82) is 0 Å². The summed E-state index contributed by atoms with van der Waals surface area (Å²) in [6.07, 6.45) is 0. The first-order valence-corrected chi connectivity index (χ1v) is 44.7. The Morgan fingerprint density at radius 2 is 0.563 bits per heavy atom. The molecule has 610 valence electrons. The maximum Gasteiger partial charge on any atom is 0.252 e. The Bertz CT molecular complexity index is 7400. The molecule has 0 atom stereocenters. The minimum atomic E-state index is -0.286. The van der Waals surface area contributed by atoms with Crippen LogP contribution in [0.3, 0.4) is 0 Å². The van der Waals surface area contributed by atoms with Crippen LogP contribution in [0.5, 0.6) is 0 Å². The van der Waals surface area contributed by atoms with Crippen molar-refractivity contribution >= 4 is 140 Å². The van der Waals surface area contributed by atoms with Crippen molar-refractivity contribution in [2.45, 2.75) is 111 Å². The van der Waals surface area contributed by atoms with Crippen molar-refractivity contribution in [2.24, 2.45) is 0 Å². The Morgan fingerprint density at radius 1 is 0.230 bits per heavy atom. The number of benzene rings is 17. The molecule has 6 nitrogen and oxygen atoms in total. The van der Waals surface area contributed by atoms with E-state index in [1.807, 2.05) is 0 Å². The van der Waals surface area contributed by atoms with Crippen LogP contribution in [-0.4, -0.2) is 20.4 Å². The van der Waals surface area contributed by atoms with Gasteiger partial charge in [0.1, 0.15) is 0 Å². The van der Waals surface area contributed by atoms with E-state index >= 15 is 0 Å². The largest absolute Gasteiger partial charge is 0.336 e. The summed E-state index contributed by atoms with van der Waals surface area (Å²) in [4.78, 5) is 7.75. The quantitative estimate of drug-likeness (QED) is 0.108. The highest BCUT2D eigenvalue weighted by atomic mass is 15.2. The summed E-state index contributed by atoms with van der Waals surface area (Å²) < 4.78 is 7.74. The lowest BCUT2D eigenvalue weighted by Gasteiger charge is -2.45. The van der Waals surface area contributed by atoms with Crippen LogP contribution in [-0.2, 0) is 28.2 Å². The molecule has 7 heteroatoms. The number of para-hydroxylation sites is 3. The van der Waals surface area contributed by atoms with Crippen molar-refractivity contribution < 1.29 is 0 Å². The average molecular weight is 1630 g/mol. The van der Waals surface area contributed by atoms with Crippen LogP contribution < -0.4 is 31.1 Å². The molecule has 22 rings (SSSR count). The number of hydrogen-bond acceptors (Lipinski definition) is 3. The van der Waals surface area contributed by atoms with Crippen LogP contribution >= 0.6 is 0 Å². The molecule has 0 fully saturated rings. The van der Waals surface area contributed by atoms with E-state index in [0.29, 0.717) is 6.54 Å². The summed E-state index contributed by atoms with van der Waals surface area (Å²) in [7, 11) is 0. The number of aromatic nitrogens is 3. The topological polar surface area (TPSA) is 24.5 Å². The molecule has 0 bridgehead atoms. The third kappa shape index (κ3) is 13.3. The van der Waals surface area contributed by atoms with Crippen LogP contribution in [0.25, 0.3) is 121 Å². The molecule has 0 saturated carbocycles. The molecule has 0 radical (unpaired) electrons. The molecular formula is C119H101BN6. The lowest BCUT2D eigenvalue weighted by molar-refractivity contribution is 0.590. The summed E-state index contributed by atoms with van der Waals surface area (Å²) in [5.41, 5.74) is 37.8. The predicted octanol–water partition coefficient (Wildman–Crippen LogP) is 30.4. The standard InChI is InChI=1S/C119H101BN6/c1-116(2,3)86-48-56-105-98(68-86)99-69-87(117(4,5)6)49-57-106(99)121(105)76-77-47-54-103-111(61-77)125(94-64-82(78-33-19-13-20-34-78)62-83(65-94)79-35-21-14-22-36-79)113-74-96(124-107-46-32-31-45-97(107)102-72-92(53-60-110(102)124)122(90-41-27-17-28-42-90)91-43-29-18-30-44-91)75-114-115(113)120(103)104-55-52-93(123-108-58-50-88(118(7,8)9)70-100(108)101-71-89(119(10,11)12)51-59-109(101)123)73-112(104)126(114)95-66-84(80-37-23-15-24-38-80)63-85(67-95)81-39-25-16-26-40-81/h13-75H,76H2,1-12H3. The van der Waals surface area contributed by atoms with Gasteiger partial charge in [-0.2, -0.15) is 0 Å². The minimum absolute atomic E-state index is 0.0515. The minimum Gasteiger partial charge on any atom is -0.336 e. The molecule has 17 aromatic carbocycles. The van der Waals surface area contributed by atoms with E-state index in [9.17, 15) is 0 Å². The molecule has 0 aliphatic carbocycles. The van der Waals surface area contributed by atoms with Crippen molar-refractivity contribution in [1.82, 2.24) is 13.7 Å². The van der Waals surface area contributed by atoms with Crippen LogP contribution in [0.1, 0.15) is 111 Å². The van der Waals surface area contributed by atoms with E-state index in [1.165, 1.54) is 87.8 Å². The zero-order valence-electron chi connectivity index (χ0n) is 73.8. The zero-order chi connectivity index (χ0) is 85.8. The fourth-order valence-corrected chi connectivity index (χ4v) is 20.2. The van der Waals surface area contributed by atoms with Crippen molar-refractivity contribution in [3.05, 3.63) is 410 Å². The van der Waals surface area contributed by atoms with E-state index in [0.717, 1.165) is 129 Å². The van der Waals surface area contributed by atoms with Gasteiger partial charge in [0.25, 0.3) is 6.71 Å². The Kier molecular flexibility index (Phi) is 18.3. The van der Waals surface area contributed by atoms with Crippen LogP contribution in [0.15, 0.2) is 382 Å². The van der Waals surface area contributed by atoms with Gasteiger partial charge in [-0.15, -0.1) is 0 Å². The summed E-state index contributed by atoms with van der Waals surface area (Å²) in [5.74, 6) is 0. The van der Waals surface area contributed by atoms with Gasteiger partial charge >= 0.3 is 0 Å². The molecule has 5 heterocycles. The maximum absolute atomic E-state index is 2.68. The Morgan fingerprint density at radius 3 is 0.984 bits per heavy atom. The fourth-order valence-electron chi connectivity index (χ4n) is 20.2. The second-order valence-corrected chi connectivity index (χ2v) is 39.0. The van der Waals surface area contributed by atoms with Gasteiger partial charge in [-0.05, 0) is 274 Å². The normalized spacial score (nSPS) is 12.9. The molecule has 0 N–H and O–H groups in total. The van der Waals surface area contributed by atoms with E-state index in [2.05, 4.69) is 494 Å². The summed E-state index contributed by atoms with van der Waals surface area (Å²) >= 11 is 0. The molecule has 2 aliphatic heterocycles.